The van der Waals surface area contributed by atoms with Gasteiger partial charge in [0.2, 0.25) is 0 Å². The molecule has 0 unspecified atom stereocenters. The van der Waals surface area contributed by atoms with Gasteiger partial charge in [0.15, 0.2) is 24.5 Å². The number of rotatable bonds is 8. The molecule has 176 valence electrons. The van der Waals surface area contributed by atoms with Crippen LogP contribution in [0.1, 0.15) is 27.7 Å². The van der Waals surface area contributed by atoms with Gasteiger partial charge in [-0.05, 0) is 24.3 Å². The van der Waals surface area contributed by atoms with Gasteiger partial charge in [0.1, 0.15) is 18.5 Å². The van der Waals surface area contributed by atoms with Crippen molar-refractivity contribution in [3.63, 3.8) is 0 Å². The Morgan fingerprint density at radius 1 is 0.812 bits per heavy atom. The van der Waals surface area contributed by atoms with Gasteiger partial charge in [-0.2, -0.15) is 0 Å². The number of nitrogens with one attached hydrogen (secondary N) is 1. The first-order valence-corrected chi connectivity index (χ1v) is 9.81. The summed E-state index contributed by atoms with van der Waals surface area (Å²) in [4.78, 5) is 46.7. The highest BCUT2D eigenvalue weighted by Crippen LogP contribution is 2.30. The minimum atomic E-state index is -1.23. The molecule has 0 amide bonds. The maximum Gasteiger partial charge on any atom is 0.303 e. The summed E-state index contributed by atoms with van der Waals surface area (Å²) in [6.45, 7) is 4.43. The minimum Gasteiger partial charge on any atom is -0.497 e. The van der Waals surface area contributed by atoms with Gasteiger partial charge in [-0.15, -0.1) is 0 Å². The number of carbonyl (C=O) groups excluding carboxylic acids is 4. The van der Waals surface area contributed by atoms with E-state index in [0.29, 0.717) is 11.4 Å². The number of esters is 4. The Kier molecular flexibility index (Phi) is 8.82. The zero-order chi connectivity index (χ0) is 23.8. The Morgan fingerprint density at radius 2 is 1.34 bits per heavy atom. The Labute approximate surface area is 185 Å². The SMILES string of the molecule is COc1ccc(N[C@@H]2O[C@H](COC(C)=O)[C@@H](OC(C)=O)[C@H](OC(C)=O)[C@H]2OC(C)=O)cc1. The van der Waals surface area contributed by atoms with Gasteiger partial charge in [-0.3, -0.25) is 19.2 Å². The molecule has 1 aliphatic heterocycles. The molecule has 0 aromatic heterocycles. The normalized spacial score (nSPS) is 24.6. The molecule has 1 aliphatic rings. The quantitative estimate of drug-likeness (QED) is 0.449. The molecule has 1 saturated heterocycles. The van der Waals surface area contributed by atoms with E-state index in [1.807, 2.05) is 0 Å². The number of methoxy groups -OCH3 is 1. The maximum absolute atomic E-state index is 11.8. The van der Waals surface area contributed by atoms with E-state index in [2.05, 4.69) is 5.32 Å². The van der Waals surface area contributed by atoms with Crippen molar-refractivity contribution in [2.45, 2.75) is 58.3 Å². The maximum atomic E-state index is 11.8. The van der Waals surface area contributed by atoms with Crippen LogP contribution < -0.4 is 10.1 Å². The smallest absolute Gasteiger partial charge is 0.303 e. The molecule has 0 spiro atoms. The van der Waals surface area contributed by atoms with Crippen molar-refractivity contribution in [3.8, 4) is 5.75 Å². The molecule has 1 aromatic carbocycles. The summed E-state index contributed by atoms with van der Waals surface area (Å²) < 4.78 is 32.2. The van der Waals surface area contributed by atoms with Crippen molar-refractivity contribution in [1.29, 1.82) is 0 Å². The first-order valence-electron chi connectivity index (χ1n) is 9.81. The Morgan fingerprint density at radius 3 is 1.84 bits per heavy atom. The molecule has 1 heterocycles. The van der Waals surface area contributed by atoms with Crippen LogP contribution in [0.5, 0.6) is 5.75 Å². The Balaban J connectivity index is 2.42. The van der Waals surface area contributed by atoms with Crippen molar-refractivity contribution in [2.24, 2.45) is 0 Å². The molecule has 2 rings (SSSR count). The summed E-state index contributed by atoms with van der Waals surface area (Å²) in [5.41, 5.74) is 0.576. The average Bonchev–Trinajstić information content (AvgIpc) is 2.70. The first kappa shape index (κ1) is 24.9. The van der Waals surface area contributed by atoms with Crippen LogP contribution in [-0.4, -0.2) is 68.2 Å². The van der Waals surface area contributed by atoms with Gasteiger partial charge in [0.25, 0.3) is 0 Å². The van der Waals surface area contributed by atoms with Gasteiger partial charge >= 0.3 is 23.9 Å². The third-order valence-corrected chi connectivity index (χ3v) is 4.39. The lowest BCUT2D eigenvalue weighted by atomic mass is 9.97. The number of hydrogen-bond donors (Lipinski definition) is 1. The summed E-state index contributed by atoms with van der Waals surface area (Å²) in [5, 5.41) is 3.06. The standard InChI is InChI=1S/C21H27NO10/c1-11(23)28-10-17-18(29-12(2)24)19(30-13(3)25)20(31-14(4)26)21(32-17)22-15-6-8-16(27-5)9-7-15/h6-9,17-22H,10H2,1-5H3/t17-,18-,19+,20-,21-/m1/s1. The van der Waals surface area contributed by atoms with Crippen LogP contribution in [0, 0.1) is 0 Å². The van der Waals surface area contributed by atoms with Crippen LogP contribution in [0.15, 0.2) is 24.3 Å². The van der Waals surface area contributed by atoms with E-state index in [1.165, 1.54) is 21.0 Å². The second-order valence-corrected chi connectivity index (χ2v) is 6.99. The van der Waals surface area contributed by atoms with Crippen molar-refractivity contribution in [1.82, 2.24) is 0 Å². The lowest BCUT2D eigenvalue weighted by Crippen LogP contribution is -2.64. The third kappa shape index (κ3) is 7.12. The molecule has 0 aliphatic carbocycles. The van der Waals surface area contributed by atoms with Gasteiger partial charge in [0, 0.05) is 33.4 Å². The highest BCUT2D eigenvalue weighted by atomic mass is 16.7. The topological polar surface area (TPSA) is 136 Å². The predicted molar refractivity (Wildman–Crippen MR) is 109 cm³/mol. The zero-order valence-corrected chi connectivity index (χ0v) is 18.5. The van der Waals surface area contributed by atoms with Crippen LogP contribution in [-0.2, 0) is 42.9 Å². The molecule has 1 aromatic rings. The first-order chi connectivity index (χ1) is 15.1. The largest absolute Gasteiger partial charge is 0.497 e. The third-order valence-electron chi connectivity index (χ3n) is 4.39. The predicted octanol–water partition coefficient (Wildman–Crippen LogP) is 1.19. The second kappa shape index (κ2) is 11.3. The number of ether oxygens (including phenoxy) is 6. The lowest BCUT2D eigenvalue weighted by molar-refractivity contribution is -0.247. The van der Waals surface area contributed by atoms with Crippen molar-refractivity contribution in [2.75, 3.05) is 19.0 Å². The number of anilines is 1. The lowest BCUT2D eigenvalue weighted by Gasteiger charge is -2.44. The molecular weight excluding hydrogens is 426 g/mol. The fourth-order valence-corrected chi connectivity index (χ4v) is 3.20. The summed E-state index contributed by atoms with van der Waals surface area (Å²) in [5.74, 6) is -2.01. The Bertz CT molecular complexity index is 824. The fraction of sp³-hybridized carbons (Fsp3) is 0.524. The number of carbonyl (C=O) groups is 4. The van der Waals surface area contributed by atoms with E-state index in [9.17, 15) is 19.2 Å². The molecule has 5 atom stereocenters. The summed E-state index contributed by atoms with van der Waals surface area (Å²) in [6, 6.07) is 6.81. The van der Waals surface area contributed by atoms with Gasteiger partial charge in [-0.25, -0.2) is 0 Å². The molecule has 11 heteroatoms. The second-order valence-electron chi connectivity index (χ2n) is 6.99. The van der Waals surface area contributed by atoms with E-state index in [0.717, 1.165) is 13.8 Å². The number of hydrogen-bond acceptors (Lipinski definition) is 11. The molecule has 32 heavy (non-hydrogen) atoms. The molecule has 11 nitrogen and oxygen atoms in total. The molecule has 0 radical (unpaired) electrons. The van der Waals surface area contributed by atoms with E-state index >= 15 is 0 Å². The highest BCUT2D eigenvalue weighted by Gasteiger charge is 2.52. The van der Waals surface area contributed by atoms with Crippen molar-refractivity contribution >= 4 is 29.6 Å². The van der Waals surface area contributed by atoms with Crippen LogP contribution in [0.25, 0.3) is 0 Å². The van der Waals surface area contributed by atoms with Crippen LogP contribution in [0.4, 0.5) is 5.69 Å². The fourth-order valence-electron chi connectivity index (χ4n) is 3.20. The van der Waals surface area contributed by atoms with Gasteiger partial charge in [-0.1, -0.05) is 0 Å². The van der Waals surface area contributed by atoms with Gasteiger partial charge in [0.05, 0.1) is 7.11 Å². The van der Waals surface area contributed by atoms with Crippen LogP contribution >= 0.6 is 0 Å². The van der Waals surface area contributed by atoms with Crippen molar-refractivity contribution < 1.29 is 47.6 Å². The molecule has 0 saturated carbocycles. The minimum absolute atomic E-state index is 0.293. The molecule has 1 N–H and O–H groups in total. The Hall–Kier alpha value is -3.34. The highest BCUT2D eigenvalue weighted by molar-refractivity contribution is 5.69. The number of benzene rings is 1. The van der Waals surface area contributed by atoms with E-state index < -0.39 is 54.5 Å². The zero-order valence-electron chi connectivity index (χ0n) is 18.5. The van der Waals surface area contributed by atoms with Gasteiger partial charge < -0.3 is 33.7 Å². The van der Waals surface area contributed by atoms with Crippen LogP contribution in [0.3, 0.4) is 0 Å². The average molecular weight is 453 g/mol. The van der Waals surface area contributed by atoms with Crippen molar-refractivity contribution in [3.05, 3.63) is 24.3 Å². The van der Waals surface area contributed by atoms with E-state index in [1.54, 1.807) is 24.3 Å². The summed E-state index contributed by atoms with van der Waals surface area (Å²) in [6.07, 6.45) is -5.67. The van der Waals surface area contributed by atoms with E-state index in [4.69, 9.17) is 28.4 Å². The monoisotopic (exact) mass is 453 g/mol. The summed E-state index contributed by atoms with van der Waals surface area (Å²) >= 11 is 0. The van der Waals surface area contributed by atoms with Crippen LogP contribution in [0.2, 0.25) is 0 Å². The molecular formula is C21H27NO10. The van der Waals surface area contributed by atoms with E-state index in [-0.39, 0.29) is 6.61 Å². The molecule has 1 fully saturated rings. The molecule has 0 bridgehead atoms. The summed E-state index contributed by atoms with van der Waals surface area (Å²) in [7, 11) is 1.53.